The smallest absolute Gasteiger partial charge is 0.193 e. The normalized spacial score (nSPS) is 13.5. The Morgan fingerprint density at radius 2 is 2.17 bits per heavy atom. The van der Waals surface area contributed by atoms with E-state index in [0.29, 0.717) is 12.5 Å². The van der Waals surface area contributed by atoms with E-state index in [1.807, 2.05) is 24.5 Å². The number of pyridine rings is 1. The number of nitrogens with zero attached hydrogens (tertiary/aromatic N) is 1. The first-order chi connectivity index (χ1) is 8.74. The van der Waals surface area contributed by atoms with E-state index in [1.54, 1.807) is 0 Å². The number of aromatic nitrogens is 1. The number of benzene rings is 1. The number of nitrogens with one attached hydrogen (secondary N) is 3. The van der Waals surface area contributed by atoms with E-state index in [0.717, 1.165) is 16.8 Å². The van der Waals surface area contributed by atoms with Crippen LogP contribution in [0.1, 0.15) is 11.1 Å². The Balaban J connectivity index is 2.05. The molecule has 1 aromatic carbocycles. The van der Waals surface area contributed by atoms with Crippen LogP contribution in [0.3, 0.4) is 0 Å². The number of hydrogen-bond acceptors (Lipinski definition) is 2. The fourth-order valence-electron chi connectivity index (χ4n) is 2.16. The first kappa shape index (κ1) is 10.8. The Bertz CT molecular complexity index is 619. The Morgan fingerprint density at radius 1 is 1.28 bits per heavy atom. The summed E-state index contributed by atoms with van der Waals surface area (Å²) in [7, 11) is 0. The van der Waals surface area contributed by atoms with E-state index in [1.165, 1.54) is 11.1 Å². The van der Waals surface area contributed by atoms with E-state index in [9.17, 15) is 0 Å². The van der Waals surface area contributed by atoms with Crippen LogP contribution in [-0.2, 0) is 6.54 Å². The maximum Gasteiger partial charge on any atom is 0.193 e. The lowest BCUT2D eigenvalue weighted by Crippen LogP contribution is -2.34. The SMILES string of the molecule is Cc1ccncc1-c1ccc2c(c1)CNC(=N)N2. The van der Waals surface area contributed by atoms with Crippen molar-refractivity contribution in [2.45, 2.75) is 13.5 Å². The summed E-state index contributed by atoms with van der Waals surface area (Å²) in [6.07, 6.45) is 3.70. The molecule has 4 nitrogen and oxygen atoms in total. The molecule has 3 rings (SSSR count). The Morgan fingerprint density at radius 3 is 3.00 bits per heavy atom. The van der Waals surface area contributed by atoms with Crippen molar-refractivity contribution in [3.05, 3.63) is 47.8 Å². The summed E-state index contributed by atoms with van der Waals surface area (Å²) in [5.41, 5.74) is 5.71. The molecule has 0 spiro atoms. The highest BCUT2D eigenvalue weighted by Crippen LogP contribution is 2.28. The van der Waals surface area contributed by atoms with Crippen LogP contribution in [-0.4, -0.2) is 10.9 Å². The quantitative estimate of drug-likeness (QED) is 0.715. The van der Waals surface area contributed by atoms with Gasteiger partial charge in [-0.05, 0) is 41.8 Å². The van der Waals surface area contributed by atoms with Gasteiger partial charge < -0.3 is 10.6 Å². The van der Waals surface area contributed by atoms with Gasteiger partial charge in [0.25, 0.3) is 0 Å². The molecule has 3 N–H and O–H groups in total. The molecule has 18 heavy (non-hydrogen) atoms. The van der Waals surface area contributed by atoms with Crippen LogP contribution in [0.15, 0.2) is 36.7 Å². The molecule has 0 bridgehead atoms. The molecule has 1 aromatic heterocycles. The second-order valence-corrected chi connectivity index (χ2v) is 4.42. The average Bonchev–Trinajstić information content (AvgIpc) is 2.39. The standard InChI is InChI=1S/C14H14N4/c1-9-4-5-16-8-12(9)10-2-3-13-11(6-10)7-17-14(15)18-13/h2-6,8H,7H2,1H3,(H3,15,17,18). The molecule has 0 unspecified atom stereocenters. The highest BCUT2D eigenvalue weighted by Gasteiger charge is 2.12. The van der Waals surface area contributed by atoms with Gasteiger partial charge in [-0.3, -0.25) is 10.4 Å². The van der Waals surface area contributed by atoms with Crippen LogP contribution in [0.5, 0.6) is 0 Å². The molecule has 0 radical (unpaired) electrons. The Hall–Kier alpha value is -2.36. The zero-order chi connectivity index (χ0) is 12.5. The summed E-state index contributed by atoms with van der Waals surface area (Å²) < 4.78 is 0. The minimum atomic E-state index is 0.354. The van der Waals surface area contributed by atoms with Crippen LogP contribution in [0, 0.1) is 12.3 Å². The predicted octanol–water partition coefficient (Wildman–Crippen LogP) is 2.51. The number of fused-ring (bicyclic) bond motifs is 1. The van der Waals surface area contributed by atoms with Gasteiger partial charge in [-0.25, -0.2) is 0 Å². The van der Waals surface area contributed by atoms with Crippen LogP contribution in [0.2, 0.25) is 0 Å². The topological polar surface area (TPSA) is 60.8 Å². The molecule has 0 saturated heterocycles. The summed E-state index contributed by atoms with van der Waals surface area (Å²) in [5.74, 6) is 0.354. The lowest BCUT2D eigenvalue weighted by Gasteiger charge is -2.21. The van der Waals surface area contributed by atoms with Crippen molar-refractivity contribution in [2.24, 2.45) is 0 Å². The van der Waals surface area contributed by atoms with Gasteiger partial charge >= 0.3 is 0 Å². The van der Waals surface area contributed by atoms with Gasteiger partial charge in [0.2, 0.25) is 0 Å². The number of rotatable bonds is 1. The van der Waals surface area contributed by atoms with E-state index in [4.69, 9.17) is 5.41 Å². The van der Waals surface area contributed by atoms with Crippen LogP contribution < -0.4 is 10.6 Å². The maximum atomic E-state index is 7.54. The molecular weight excluding hydrogens is 224 g/mol. The van der Waals surface area contributed by atoms with Gasteiger partial charge in [-0.1, -0.05) is 6.07 Å². The van der Waals surface area contributed by atoms with Gasteiger partial charge in [0.1, 0.15) is 0 Å². The maximum absolute atomic E-state index is 7.54. The molecular formula is C14H14N4. The average molecular weight is 238 g/mol. The van der Waals surface area contributed by atoms with E-state index < -0.39 is 0 Å². The van der Waals surface area contributed by atoms with Crippen molar-refractivity contribution in [1.29, 1.82) is 5.41 Å². The summed E-state index contributed by atoms with van der Waals surface area (Å²) in [4.78, 5) is 4.18. The van der Waals surface area contributed by atoms with Crippen molar-refractivity contribution < 1.29 is 0 Å². The summed E-state index contributed by atoms with van der Waals surface area (Å²) in [5, 5.41) is 13.5. The van der Waals surface area contributed by atoms with Gasteiger partial charge in [0.15, 0.2) is 5.96 Å². The van der Waals surface area contributed by atoms with Crippen LogP contribution in [0.4, 0.5) is 5.69 Å². The van der Waals surface area contributed by atoms with Gasteiger partial charge in [0, 0.05) is 30.2 Å². The minimum absolute atomic E-state index is 0.354. The summed E-state index contributed by atoms with van der Waals surface area (Å²) in [6, 6.07) is 8.24. The largest absolute Gasteiger partial charge is 0.352 e. The monoisotopic (exact) mass is 238 g/mol. The third kappa shape index (κ3) is 1.82. The van der Waals surface area contributed by atoms with Crippen LogP contribution in [0.25, 0.3) is 11.1 Å². The molecule has 90 valence electrons. The highest BCUT2D eigenvalue weighted by molar-refractivity contribution is 5.94. The first-order valence-electron chi connectivity index (χ1n) is 5.87. The molecule has 2 aromatic rings. The van der Waals surface area contributed by atoms with Gasteiger partial charge in [-0.15, -0.1) is 0 Å². The zero-order valence-corrected chi connectivity index (χ0v) is 10.1. The fourth-order valence-corrected chi connectivity index (χ4v) is 2.16. The fraction of sp³-hybridized carbons (Fsp3) is 0.143. The number of hydrogen-bond donors (Lipinski definition) is 3. The summed E-state index contributed by atoms with van der Waals surface area (Å²) in [6.45, 7) is 2.77. The Kier molecular flexibility index (Phi) is 2.48. The van der Waals surface area contributed by atoms with Gasteiger partial charge in [0.05, 0.1) is 0 Å². The molecule has 0 saturated carbocycles. The predicted molar refractivity (Wildman–Crippen MR) is 72.6 cm³/mol. The third-order valence-corrected chi connectivity index (χ3v) is 3.17. The number of aryl methyl sites for hydroxylation is 1. The van der Waals surface area contributed by atoms with Crippen molar-refractivity contribution in [2.75, 3.05) is 5.32 Å². The lowest BCUT2D eigenvalue weighted by atomic mass is 9.99. The lowest BCUT2D eigenvalue weighted by molar-refractivity contribution is 0.886. The molecule has 2 heterocycles. The molecule has 0 fully saturated rings. The van der Waals surface area contributed by atoms with Crippen molar-refractivity contribution in [3.63, 3.8) is 0 Å². The Labute approximate surface area is 106 Å². The third-order valence-electron chi connectivity index (χ3n) is 3.17. The second kappa shape index (κ2) is 4.14. The molecule has 4 heteroatoms. The van der Waals surface area contributed by atoms with Crippen molar-refractivity contribution in [1.82, 2.24) is 10.3 Å². The molecule has 1 aliphatic rings. The van der Waals surface area contributed by atoms with Crippen molar-refractivity contribution >= 4 is 11.6 Å². The van der Waals surface area contributed by atoms with Crippen LogP contribution >= 0.6 is 0 Å². The second-order valence-electron chi connectivity index (χ2n) is 4.42. The minimum Gasteiger partial charge on any atom is -0.352 e. The van der Waals surface area contributed by atoms with Crippen molar-refractivity contribution in [3.8, 4) is 11.1 Å². The molecule has 0 aliphatic carbocycles. The zero-order valence-electron chi connectivity index (χ0n) is 10.1. The number of guanidine groups is 1. The molecule has 1 aliphatic heterocycles. The first-order valence-corrected chi connectivity index (χ1v) is 5.87. The number of anilines is 1. The summed E-state index contributed by atoms with van der Waals surface area (Å²) >= 11 is 0. The van der Waals surface area contributed by atoms with E-state index in [2.05, 4.69) is 34.7 Å². The molecule has 0 amide bonds. The van der Waals surface area contributed by atoms with E-state index >= 15 is 0 Å². The van der Waals surface area contributed by atoms with Gasteiger partial charge in [-0.2, -0.15) is 0 Å². The van der Waals surface area contributed by atoms with E-state index in [-0.39, 0.29) is 0 Å². The molecule has 0 atom stereocenters. The highest BCUT2D eigenvalue weighted by atomic mass is 15.2.